The number of hydrogen-bond acceptors (Lipinski definition) is 3. The zero-order valence-corrected chi connectivity index (χ0v) is 14.2. The first kappa shape index (κ1) is 16.1. The second-order valence-electron chi connectivity index (χ2n) is 5.54. The van der Waals surface area contributed by atoms with Gasteiger partial charge >= 0.3 is 6.03 Å². The number of likely N-dealkylation sites (tertiary alicyclic amines) is 1. The zero-order chi connectivity index (χ0) is 16.4. The smallest absolute Gasteiger partial charge is 0.314 e. The number of H-pyrrole nitrogens is 1. The van der Waals surface area contributed by atoms with E-state index in [1.807, 2.05) is 6.92 Å². The van der Waals surface area contributed by atoms with Crippen LogP contribution in [0.5, 0.6) is 0 Å². The van der Waals surface area contributed by atoms with E-state index in [4.69, 9.17) is 23.2 Å². The van der Waals surface area contributed by atoms with Crippen LogP contribution < -0.4 is 5.32 Å². The van der Waals surface area contributed by atoms with Gasteiger partial charge in [-0.25, -0.2) is 9.78 Å². The number of halogens is 2. The standard InChI is InChI=1S/C15H17Cl2N5O/c1-9-18-14(21-20-9)13-4-2-3-7-22(13)15(23)19-12-6-5-10(16)8-11(12)17/h5-6,8,13H,2-4,7H2,1H3,(H,19,23)(H,18,20,21)/t13-/m0/s1. The second-order valence-corrected chi connectivity index (χ2v) is 6.38. The summed E-state index contributed by atoms with van der Waals surface area (Å²) < 4.78 is 0. The molecule has 1 aromatic heterocycles. The number of amides is 2. The van der Waals surface area contributed by atoms with Gasteiger partial charge in [0.2, 0.25) is 0 Å². The van der Waals surface area contributed by atoms with Crippen molar-refractivity contribution < 1.29 is 4.79 Å². The van der Waals surface area contributed by atoms with Gasteiger partial charge in [0.15, 0.2) is 5.82 Å². The van der Waals surface area contributed by atoms with Crippen molar-refractivity contribution in [1.82, 2.24) is 20.1 Å². The monoisotopic (exact) mass is 353 g/mol. The van der Waals surface area contributed by atoms with E-state index in [0.29, 0.717) is 28.1 Å². The fraction of sp³-hybridized carbons (Fsp3) is 0.400. The molecule has 1 aliphatic rings. The minimum absolute atomic E-state index is 0.125. The Balaban J connectivity index is 1.78. The minimum atomic E-state index is -0.207. The third-order valence-electron chi connectivity index (χ3n) is 3.85. The topological polar surface area (TPSA) is 73.9 Å². The molecule has 0 aliphatic carbocycles. The number of piperidine rings is 1. The molecule has 1 aromatic carbocycles. The molecule has 1 aliphatic heterocycles. The largest absolute Gasteiger partial charge is 0.322 e. The van der Waals surface area contributed by atoms with Crippen LogP contribution in [-0.4, -0.2) is 32.7 Å². The van der Waals surface area contributed by atoms with Crippen LogP contribution in [0.1, 0.15) is 37.0 Å². The molecule has 3 rings (SSSR count). The highest BCUT2D eigenvalue weighted by atomic mass is 35.5. The molecule has 0 saturated carbocycles. The van der Waals surface area contributed by atoms with Crippen molar-refractivity contribution >= 4 is 34.9 Å². The Labute approximate surface area is 144 Å². The van der Waals surface area contributed by atoms with E-state index in [1.54, 1.807) is 23.1 Å². The SMILES string of the molecule is Cc1nc([C@@H]2CCCCN2C(=O)Nc2ccc(Cl)cc2Cl)n[nH]1. The van der Waals surface area contributed by atoms with E-state index < -0.39 is 0 Å². The lowest BCUT2D eigenvalue weighted by atomic mass is 10.0. The normalized spacial score (nSPS) is 18.0. The van der Waals surface area contributed by atoms with E-state index >= 15 is 0 Å². The minimum Gasteiger partial charge on any atom is -0.314 e. The van der Waals surface area contributed by atoms with Crippen LogP contribution in [-0.2, 0) is 0 Å². The van der Waals surface area contributed by atoms with Gasteiger partial charge in [0.25, 0.3) is 0 Å². The molecule has 2 aromatic rings. The molecule has 23 heavy (non-hydrogen) atoms. The molecular weight excluding hydrogens is 337 g/mol. The summed E-state index contributed by atoms with van der Waals surface area (Å²) in [7, 11) is 0. The molecule has 0 unspecified atom stereocenters. The molecule has 1 saturated heterocycles. The average molecular weight is 354 g/mol. The number of rotatable bonds is 2. The summed E-state index contributed by atoms with van der Waals surface area (Å²) in [6.07, 6.45) is 2.85. The van der Waals surface area contributed by atoms with Crippen LogP contribution in [0, 0.1) is 6.92 Å². The summed E-state index contributed by atoms with van der Waals surface area (Å²) in [5.41, 5.74) is 0.538. The number of nitrogens with zero attached hydrogens (tertiary/aromatic N) is 3. The van der Waals surface area contributed by atoms with Gasteiger partial charge in [-0.15, -0.1) is 0 Å². The third kappa shape index (κ3) is 3.59. The highest BCUT2D eigenvalue weighted by molar-refractivity contribution is 6.36. The highest BCUT2D eigenvalue weighted by Crippen LogP contribution is 2.31. The van der Waals surface area contributed by atoms with Crippen molar-refractivity contribution in [3.63, 3.8) is 0 Å². The Morgan fingerprint density at radius 2 is 2.22 bits per heavy atom. The van der Waals surface area contributed by atoms with E-state index in [0.717, 1.165) is 25.1 Å². The maximum atomic E-state index is 12.7. The van der Waals surface area contributed by atoms with Crippen molar-refractivity contribution in [1.29, 1.82) is 0 Å². The summed E-state index contributed by atoms with van der Waals surface area (Å²) >= 11 is 12.0. The Hall–Kier alpha value is -1.79. The molecule has 2 N–H and O–H groups in total. The lowest BCUT2D eigenvalue weighted by molar-refractivity contribution is 0.159. The number of urea groups is 1. The summed E-state index contributed by atoms with van der Waals surface area (Å²) in [6.45, 7) is 2.51. The van der Waals surface area contributed by atoms with Gasteiger partial charge in [-0.1, -0.05) is 23.2 Å². The number of anilines is 1. The maximum Gasteiger partial charge on any atom is 0.322 e. The second kappa shape index (κ2) is 6.76. The Morgan fingerprint density at radius 1 is 1.39 bits per heavy atom. The summed E-state index contributed by atoms with van der Waals surface area (Å²) in [5.74, 6) is 1.39. The molecular formula is C15H17Cl2N5O. The maximum absolute atomic E-state index is 12.7. The van der Waals surface area contributed by atoms with Gasteiger partial charge < -0.3 is 10.2 Å². The van der Waals surface area contributed by atoms with Crippen LogP contribution in [0.4, 0.5) is 10.5 Å². The number of aryl methyl sites for hydroxylation is 1. The average Bonchev–Trinajstić information content (AvgIpc) is 2.96. The molecule has 122 valence electrons. The number of nitrogens with one attached hydrogen (secondary N) is 2. The summed E-state index contributed by atoms with van der Waals surface area (Å²) in [5, 5.41) is 10.8. The first-order chi connectivity index (χ1) is 11.0. The van der Waals surface area contributed by atoms with Crippen molar-refractivity contribution in [3.8, 4) is 0 Å². The lowest BCUT2D eigenvalue weighted by Gasteiger charge is -2.34. The van der Waals surface area contributed by atoms with Gasteiger partial charge in [-0.2, -0.15) is 5.10 Å². The fourth-order valence-electron chi connectivity index (χ4n) is 2.73. The van der Waals surface area contributed by atoms with Crippen molar-refractivity contribution in [2.24, 2.45) is 0 Å². The summed E-state index contributed by atoms with van der Waals surface area (Å²) in [4.78, 5) is 18.8. The van der Waals surface area contributed by atoms with Gasteiger partial charge in [-0.3, -0.25) is 5.10 Å². The van der Waals surface area contributed by atoms with Crippen LogP contribution in [0.25, 0.3) is 0 Å². The first-order valence-electron chi connectivity index (χ1n) is 7.46. The lowest BCUT2D eigenvalue weighted by Crippen LogP contribution is -2.41. The number of aromatic amines is 1. The van der Waals surface area contributed by atoms with Crippen molar-refractivity contribution in [2.45, 2.75) is 32.2 Å². The predicted octanol–water partition coefficient (Wildman–Crippen LogP) is 4.18. The van der Waals surface area contributed by atoms with E-state index in [-0.39, 0.29) is 12.1 Å². The van der Waals surface area contributed by atoms with Crippen molar-refractivity contribution in [3.05, 3.63) is 39.9 Å². The quantitative estimate of drug-likeness (QED) is 0.850. The van der Waals surface area contributed by atoms with E-state index in [2.05, 4.69) is 20.5 Å². The Morgan fingerprint density at radius 3 is 2.91 bits per heavy atom. The van der Waals surface area contributed by atoms with Crippen molar-refractivity contribution in [2.75, 3.05) is 11.9 Å². The van der Waals surface area contributed by atoms with Crippen LogP contribution in [0.2, 0.25) is 10.0 Å². The molecule has 8 heteroatoms. The first-order valence-corrected chi connectivity index (χ1v) is 8.22. The molecule has 0 bridgehead atoms. The molecule has 2 amide bonds. The molecule has 6 nitrogen and oxygen atoms in total. The Kier molecular flexibility index (Phi) is 4.73. The van der Waals surface area contributed by atoms with Crippen LogP contribution in [0.3, 0.4) is 0 Å². The number of hydrogen-bond donors (Lipinski definition) is 2. The van der Waals surface area contributed by atoms with Gasteiger partial charge in [-0.05, 0) is 44.4 Å². The predicted molar refractivity (Wildman–Crippen MR) is 89.9 cm³/mol. The number of benzene rings is 1. The van der Waals surface area contributed by atoms with Gasteiger partial charge in [0.05, 0.1) is 16.8 Å². The highest BCUT2D eigenvalue weighted by Gasteiger charge is 2.31. The van der Waals surface area contributed by atoms with E-state index in [9.17, 15) is 4.79 Å². The molecule has 0 spiro atoms. The van der Waals surface area contributed by atoms with Crippen LogP contribution >= 0.6 is 23.2 Å². The zero-order valence-electron chi connectivity index (χ0n) is 12.6. The van der Waals surface area contributed by atoms with E-state index in [1.165, 1.54) is 0 Å². The molecule has 1 fully saturated rings. The van der Waals surface area contributed by atoms with Crippen LogP contribution in [0.15, 0.2) is 18.2 Å². The molecule has 0 radical (unpaired) electrons. The van der Waals surface area contributed by atoms with Gasteiger partial charge in [0, 0.05) is 11.6 Å². The molecule has 1 atom stereocenters. The molecule has 2 heterocycles. The number of aromatic nitrogens is 3. The number of carbonyl (C=O) groups is 1. The van der Waals surface area contributed by atoms with Gasteiger partial charge in [0.1, 0.15) is 5.82 Å². The fourth-order valence-corrected chi connectivity index (χ4v) is 3.19. The third-order valence-corrected chi connectivity index (χ3v) is 4.40. The Bertz CT molecular complexity index is 718. The summed E-state index contributed by atoms with van der Waals surface area (Å²) in [6, 6.07) is 4.65. The number of carbonyl (C=O) groups excluding carboxylic acids is 1.